The van der Waals surface area contributed by atoms with Crippen molar-refractivity contribution in [3.8, 4) is 0 Å². The second-order valence-electron chi connectivity index (χ2n) is 10.7. The number of imidazole rings is 1. The lowest BCUT2D eigenvalue weighted by molar-refractivity contribution is -0.137. The molecule has 39 heavy (non-hydrogen) atoms. The SMILES string of the molecule is O=C(O)Cn1cnc2c(C(=O)N3C[C@@H](CN4CCC(c5ccc(F)cc5)CC4)[C@H](c4ccsc4)C3)cccc21. The number of aliphatic carboxylic acids is 1. The molecule has 7 nitrogen and oxygen atoms in total. The van der Waals surface area contributed by atoms with E-state index in [-0.39, 0.29) is 24.2 Å². The van der Waals surface area contributed by atoms with Gasteiger partial charge in [0.05, 0.1) is 17.4 Å². The van der Waals surface area contributed by atoms with Crippen LogP contribution in [0.3, 0.4) is 0 Å². The van der Waals surface area contributed by atoms with Gasteiger partial charge in [0.25, 0.3) is 5.91 Å². The minimum atomic E-state index is -0.950. The van der Waals surface area contributed by atoms with Gasteiger partial charge in [0.1, 0.15) is 17.9 Å². The summed E-state index contributed by atoms with van der Waals surface area (Å²) in [6, 6.07) is 14.5. The lowest BCUT2D eigenvalue weighted by Gasteiger charge is -2.34. The minimum Gasteiger partial charge on any atom is -0.480 e. The maximum Gasteiger partial charge on any atom is 0.323 e. The lowest BCUT2D eigenvalue weighted by atomic mass is 9.87. The number of para-hydroxylation sites is 1. The molecule has 2 atom stereocenters. The van der Waals surface area contributed by atoms with Crippen LogP contribution in [-0.4, -0.2) is 69.1 Å². The fraction of sp³-hybridized carbons (Fsp3) is 0.367. The summed E-state index contributed by atoms with van der Waals surface area (Å²) in [5.74, 6) is -0.167. The number of likely N-dealkylation sites (tertiary alicyclic amines) is 2. The van der Waals surface area contributed by atoms with Crippen molar-refractivity contribution >= 4 is 34.2 Å². The maximum absolute atomic E-state index is 13.8. The number of thiophene rings is 1. The van der Waals surface area contributed by atoms with Gasteiger partial charge in [0.15, 0.2) is 0 Å². The van der Waals surface area contributed by atoms with Gasteiger partial charge in [0.2, 0.25) is 0 Å². The first-order chi connectivity index (χ1) is 19.0. The Kier molecular flexibility index (Phi) is 7.18. The molecular formula is C30H31FN4O3S. The minimum absolute atomic E-state index is 0.0566. The van der Waals surface area contributed by atoms with Crippen LogP contribution in [0, 0.1) is 11.7 Å². The van der Waals surface area contributed by atoms with Gasteiger partial charge in [-0.15, -0.1) is 0 Å². The van der Waals surface area contributed by atoms with E-state index >= 15 is 0 Å². The van der Waals surface area contributed by atoms with Crippen molar-refractivity contribution in [3.05, 3.63) is 88.1 Å². The summed E-state index contributed by atoms with van der Waals surface area (Å²) < 4.78 is 14.9. The number of aromatic nitrogens is 2. The molecule has 0 radical (unpaired) electrons. The predicted molar refractivity (Wildman–Crippen MR) is 149 cm³/mol. The number of benzene rings is 2. The maximum atomic E-state index is 13.8. The molecule has 0 bridgehead atoms. The molecule has 202 valence electrons. The molecule has 0 unspecified atom stereocenters. The van der Waals surface area contributed by atoms with Crippen molar-refractivity contribution in [3.63, 3.8) is 0 Å². The average molecular weight is 547 g/mol. The van der Waals surface area contributed by atoms with E-state index in [1.807, 2.05) is 17.0 Å². The zero-order chi connectivity index (χ0) is 26.9. The molecule has 4 heterocycles. The Morgan fingerprint density at radius 2 is 1.82 bits per heavy atom. The molecule has 4 aromatic rings. The zero-order valence-electron chi connectivity index (χ0n) is 21.6. The summed E-state index contributed by atoms with van der Waals surface area (Å²) in [4.78, 5) is 33.9. The van der Waals surface area contributed by atoms with Crippen LogP contribution in [0.2, 0.25) is 0 Å². The Balaban J connectivity index is 1.17. The Bertz CT molecular complexity index is 1460. The second-order valence-corrected chi connectivity index (χ2v) is 11.5. The highest BCUT2D eigenvalue weighted by Gasteiger charge is 2.38. The van der Waals surface area contributed by atoms with E-state index in [4.69, 9.17) is 0 Å². The van der Waals surface area contributed by atoms with Crippen LogP contribution in [0.1, 0.15) is 46.2 Å². The Morgan fingerprint density at radius 3 is 2.54 bits per heavy atom. The normalized spacial score (nSPS) is 20.6. The average Bonchev–Trinajstić information content (AvgIpc) is 3.70. The van der Waals surface area contributed by atoms with Gasteiger partial charge >= 0.3 is 5.97 Å². The van der Waals surface area contributed by atoms with Gasteiger partial charge in [-0.1, -0.05) is 18.2 Å². The standard InChI is InChI=1S/C30H31FN4O3S/c31-24-6-4-20(5-7-24)21-8-11-33(12-9-21)14-23-15-34(16-26(23)22-10-13-39-18-22)30(38)25-2-1-3-27-29(25)32-19-35(27)17-28(36)37/h1-7,10,13,18-19,21,23,26H,8-9,11-12,14-17H2,(H,36,37)/t23-,26+/m1/s1. The quantitative estimate of drug-likeness (QED) is 0.351. The van der Waals surface area contributed by atoms with Crippen LogP contribution in [0.5, 0.6) is 0 Å². The van der Waals surface area contributed by atoms with Crippen molar-refractivity contribution in [1.29, 1.82) is 0 Å². The molecule has 2 aliphatic rings. The van der Waals surface area contributed by atoms with Gasteiger partial charge in [-0.05, 0) is 90.0 Å². The van der Waals surface area contributed by atoms with E-state index in [2.05, 4.69) is 26.7 Å². The third-order valence-corrected chi connectivity index (χ3v) is 9.01. The van der Waals surface area contributed by atoms with Crippen molar-refractivity contribution in [2.75, 3.05) is 32.7 Å². The highest BCUT2D eigenvalue weighted by atomic mass is 32.1. The van der Waals surface area contributed by atoms with E-state index in [9.17, 15) is 19.1 Å². The van der Waals surface area contributed by atoms with Gasteiger partial charge < -0.3 is 19.5 Å². The molecule has 9 heteroatoms. The number of rotatable bonds is 7. The Morgan fingerprint density at radius 1 is 1.03 bits per heavy atom. The third-order valence-electron chi connectivity index (χ3n) is 8.31. The Labute approximate surface area is 230 Å². The van der Waals surface area contributed by atoms with Crippen LogP contribution in [0.4, 0.5) is 4.39 Å². The summed E-state index contributed by atoms with van der Waals surface area (Å²) in [5.41, 5.74) is 4.20. The van der Waals surface area contributed by atoms with Crippen LogP contribution < -0.4 is 0 Å². The van der Waals surface area contributed by atoms with E-state index < -0.39 is 5.97 Å². The number of hydrogen-bond donors (Lipinski definition) is 1. The van der Waals surface area contributed by atoms with E-state index in [0.29, 0.717) is 41.5 Å². The van der Waals surface area contributed by atoms with Gasteiger partial charge in [-0.2, -0.15) is 11.3 Å². The number of carbonyl (C=O) groups excluding carboxylic acids is 1. The second kappa shape index (κ2) is 10.9. The van der Waals surface area contributed by atoms with E-state index in [1.165, 1.54) is 17.5 Å². The number of carboxylic acids is 1. The number of fused-ring (bicyclic) bond motifs is 1. The molecule has 2 fully saturated rings. The number of halogens is 1. The molecule has 0 spiro atoms. The fourth-order valence-electron chi connectivity index (χ4n) is 6.30. The fourth-order valence-corrected chi connectivity index (χ4v) is 7.03. The number of carboxylic acid groups (broad SMARTS) is 1. The molecular weight excluding hydrogens is 515 g/mol. The molecule has 2 saturated heterocycles. The topological polar surface area (TPSA) is 78.7 Å². The van der Waals surface area contributed by atoms with Crippen molar-refractivity contribution in [2.45, 2.75) is 31.2 Å². The van der Waals surface area contributed by atoms with Gasteiger partial charge in [0, 0.05) is 25.6 Å². The van der Waals surface area contributed by atoms with Crippen molar-refractivity contribution in [1.82, 2.24) is 19.4 Å². The lowest BCUT2D eigenvalue weighted by Crippen LogP contribution is -2.38. The first kappa shape index (κ1) is 25.7. The molecule has 2 aliphatic heterocycles. The summed E-state index contributed by atoms with van der Waals surface area (Å²) in [6.45, 7) is 4.03. The number of hydrogen-bond acceptors (Lipinski definition) is 5. The van der Waals surface area contributed by atoms with Gasteiger partial charge in [-0.25, -0.2) is 9.37 Å². The molecule has 1 amide bonds. The van der Waals surface area contributed by atoms with E-state index in [0.717, 1.165) is 32.5 Å². The summed E-state index contributed by atoms with van der Waals surface area (Å²) in [5, 5.41) is 13.5. The largest absolute Gasteiger partial charge is 0.480 e. The highest BCUT2D eigenvalue weighted by molar-refractivity contribution is 7.08. The zero-order valence-corrected chi connectivity index (χ0v) is 22.4. The molecule has 2 aromatic heterocycles. The Hall–Kier alpha value is -3.56. The molecule has 6 rings (SSSR count). The predicted octanol–water partition coefficient (Wildman–Crippen LogP) is 5.06. The molecule has 2 aromatic carbocycles. The third kappa shape index (κ3) is 5.33. The summed E-state index contributed by atoms with van der Waals surface area (Å²) in [7, 11) is 0. The van der Waals surface area contributed by atoms with Crippen LogP contribution in [0.15, 0.2) is 65.6 Å². The first-order valence-electron chi connectivity index (χ1n) is 13.4. The summed E-state index contributed by atoms with van der Waals surface area (Å²) in [6.07, 6.45) is 3.59. The van der Waals surface area contributed by atoms with Crippen molar-refractivity contribution in [2.24, 2.45) is 5.92 Å². The first-order valence-corrected chi connectivity index (χ1v) is 14.4. The smallest absolute Gasteiger partial charge is 0.323 e. The molecule has 1 N–H and O–H groups in total. The number of carbonyl (C=O) groups is 2. The summed E-state index contributed by atoms with van der Waals surface area (Å²) >= 11 is 1.68. The number of piperidine rings is 1. The number of amides is 1. The van der Waals surface area contributed by atoms with Crippen molar-refractivity contribution < 1.29 is 19.1 Å². The highest BCUT2D eigenvalue weighted by Crippen LogP contribution is 2.37. The van der Waals surface area contributed by atoms with Crippen LogP contribution in [-0.2, 0) is 11.3 Å². The van der Waals surface area contributed by atoms with Gasteiger partial charge in [-0.3, -0.25) is 9.59 Å². The monoisotopic (exact) mass is 546 g/mol. The molecule has 0 saturated carbocycles. The van der Waals surface area contributed by atoms with Crippen LogP contribution >= 0.6 is 11.3 Å². The van der Waals surface area contributed by atoms with Crippen LogP contribution in [0.25, 0.3) is 11.0 Å². The molecule has 0 aliphatic carbocycles. The number of nitrogens with zero attached hydrogens (tertiary/aromatic N) is 4. The van der Waals surface area contributed by atoms with E-state index in [1.54, 1.807) is 46.2 Å².